The van der Waals surface area contributed by atoms with Gasteiger partial charge in [-0.1, -0.05) is 19.0 Å². The zero-order valence-electron chi connectivity index (χ0n) is 5.74. The van der Waals surface area contributed by atoms with Crippen LogP contribution in [-0.2, 0) is 4.74 Å². The van der Waals surface area contributed by atoms with E-state index in [0.29, 0.717) is 12.5 Å². The summed E-state index contributed by atoms with van der Waals surface area (Å²) in [7, 11) is 0. The second-order valence-corrected chi connectivity index (χ2v) is 2.12. The first kappa shape index (κ1) is 8.27. The molecule has 52 valence electrons. The molecule has 0 aromatic rings. The van der Waals surface area contributed by atoms with Crippen LogP contribution in [0.15, 0.2) is 5.11 Å². The second kappa shape index (κ2) is 5.41. The van der Waals surface area contributed by atoms with E-state index in [2.05, 4.69) is 10.0 Å². The van der Waals surface area contributed by atoms with Gasteiger partial charge in [-0.25, -0.2) is 0 Å². The molecule has 0 aliphatic heterocycles. The molecule has 0 bridgehead atoms. The molecule has 0 radical (unpaired) electrons. The smallest absolute Gasteiger partial charge is 0.125 e. The molecule has 0 saturated heterocycles. The van der Waals surface area contributed by atoms with Gasteiger partial charge in [-0.2, -0.15) is 0 Å². The number of ether oxygens (including phenoxy) is 1. The Balaban J connectivity index is 3.00. The van der Waals surface area contributed by atoms with Gasteiger partial charge >= 0.3 is 0 Å². The molecule has 0 N–H and O–H groups in total. The first-order chi connectivity index (χ1) is 4.27. The molecule has 0 heterocycles. The SMILES string of the molecule is CC(C)COCN=[N+]=[N-]. The van der Waals surface area contributed by atoms with Crippen LogP contribution in [0.2, 0.25) is 0 Å². The molecular weight excluding hydrogens is 118 g/mol. The van der Waals surface area contributed by atoms with Crippen LogP contribution < -0.4 is 0 Å². The average Bonchev–Trinajstić information content (AvgIpc) is 1.80. The Morgan fingerprint density at radius 1 is 1.67 bits per heavy atom. The minimum absolute atomic E-state index is 0.147. The van der Waals surface area contributed by atoms with E-state index in [0.717, 1.165) is 0 Å². The van der Waals surface area contributed by atoms with Gasteiger partial charge in [0.15, 0.2) is 0 Å². The van der Waals surface area contributed by atoms with Crippen molar-refractivity contribution < 1.29 is 4.74 Å². The summed E-state index contributed by atoms with van der Waals surface area (Å²) in [5.74, 6) is 0.499. The highest BCUT2D eigenvalue weighted by atomic mass is 16.5. The summed E-state index contributed by atoms with van der Waals surface area (Å²) in [5, 5.41) is 3.20. The highest BCUT2D eigenvalue weighted by molar-refractivity contribution is 4.40. The molecule has 0 fully saturated rings. The Kier molecular flexibility index (Phi) is 4.97. The number of rotatable bonds is 4. The Hall–Kier alpha value is -0.730. The van der Waals surface area contributed by atoms with Crippen LogP contribution in [0.4, 0.5) is 0 Å². The standard InChI is InChI=1S/C5H11N3O/c1-5(2)3-9-4-7-8-6/h5H,3-4H2,1-2H3. The average molecular weight is 129 g/mol. The monoisotopic (exact) mass is 129 g/mol. The molecule has 0 saturated carbocycles. The number of azide groups is 1. The summed E-state index contributed by atoms with van der Waals surface area (Å²) < 4.78 is 4.92. The Morgan fingerprint density at radius 2 is 2.33 bits per heavy atom. The van der Waals surface area contributed by atoms with Crippen LogP contribution in [0.5, 0.6) is 0 Å². The van der Waals surface area contributed by atoms with Crippen LogP contribution in [0.3, 0.4) is 0 Å². The minimum atomic E-state index is 0.147. The maximum absolute atomic E-state index is 7.81. The van der Waals surface area contributed by atoms with Crippen LogP contribution in [0, 0.1) is 5.92 Å². The minimum Gasteiger partial charge on any atom is -0.375 e. The molecule has 0 aliphatic rings. The van der Waals surface area contributed by atoms with Crippen LogP contribution in [0.1, 0.15) is 13.8 Å². The molecule has 0 atom stereocenters. The van der Waals surface area contributed by atoms with Crippen molar-refractivity contribution in [3.8, 4) is 0 Å². The molecular formula is C5H11N3O. The fourth-order valence-corrected chi connectivity index (χ4v) is 0.355. The first-order valence-corrected chi connectivity index (χ1v) is 2.86. The van der Waals surface area contributed by atoms with E-state index in [1.54, 1.807) is 0 Å². The van der Waals surface area contributed by atoms with Crippen molar-refractivity contribution in [1.29, 1.82) is 0 Å². The third-order valence-corrected chi connectivity index (χ3v) is 0.663. The molecule has 0 amide bonds. The Bertz CT molecular complexity index is 107. The van der Waals surface area contributed by atoms with E-state index in [-0.39, 0.29) is 6.73 Å². The summed E-state index contributed by atoms with van der Waals surface area (Å²) >= 11 is 0. The Morgan fingerprint density at radius 3 is 2.78 bits per heavy atom. The second-order valence-electron chi connectivity index (χ2n) is 2.12. The van der Waals surface area contributed by atoms with E-state index < -0.39 is 0 Å². The predicted octanol–water partition coefficient (Wildman–Crippen LogP) is 1.93. The third kappa shape index (κ3) is 7.27. The zero-order chi connectivity index (χ0) is 7.11. The lowest BCUT2D eigenvalue weighted by molar-refractivity contribution is 0.116. The van der Waals surface area contributed by atoms with Gasteiger partial charge in [0.25, 0.3) is 0 Å². The molecule has 4 heteroatoms. The van der Waals surface area contributed by atoms with Gasteiger partial charge in [-0.3, -0.25) is 0 Å². The predicted molar refractivity (Wildman–Crippen MR) is 34.8 cm³/mol. The van der Waals surface area contributed by atoms with Gasteiger partial charge in [-0.15, -0.1) is 0 Å². The zero-order valence-corrected chi connectivity index (χ0v) is 5.74. The molecule has 0 spiro atoms. The fourth-order valence-electron chi connectivity index (χ4n) is 0.355. The third-order valence-electron chi connectivity index (χ3n) is 0.663. The summed E-state index contributed by atoms with van der Waals surface area (Å²) in [5.41, 5.74) is 7.81. The maximum Gasteiger partial charge on any atom is 0.125 e. The molecule has 0 aromatic heterocycles. The van der Waals surface area contributed by atoms with Gasteiger partial charge in [0.05, 0.1) is 0 Å². The van der Waals surface area contributed by atoms with Crippen LogP contribution in [0.25, 0.3) is 10.4 Å². The van der Waals surface area contributed by atoms with Crippen molar-refractivity contribution in [1.82, 2.24) is 0 Å². The highest BCUT2D eigenvalue weighted by Gasteiger charge is 1.89. The number of hydrogen-bond donors (Lipinski definition) is 0. The van der Waals surface area contributed by atoms with Crippen molar-refractivity contribution >= 4 is 0 Å². The first-order valence-electron chi connectivity index (χ1n) is 2.86. The van der Waals surface area contributed by atoms with E-state index >= 15 is 0 Å². The molecule has 0 aliphatic carbocycles. The van der Waals surface area contributed by atoms with E-state index in [4.69, 9.17) is 10.3 Å². The maximum atomic E-state index is 7.81. The summed E-state index contributed by atoms with van der Waals surface area (Å²) in [4.78, 5) is 2.53. The van der Waals surface area contributed by atoms with Crippen LogP contribution in [-0.4, -0.2) is 13.3 Å². The van der Waals surface area contributed by atoms with Crippen molar-refractivity contribution in [2.45, 2.75) is 13.8 Å². The summed E-state index contributed by atoms with van der Waals surface area (Å²) in [6, 6.07) is 0. The van der Waals surface area contributed by atoms with Gasteiger partial charge in [0.1, 0.15) is 6.73 Å². The van der Waals surface area contributed by atoms with Gasteiger partial charge in [0, 0.05) is 11.5 Å². The fraction of sp³-hybridized carbons (Fsp3) is 1.00. The van der Waals surface area contributed by atoms with E-state index in [1.165, 1.54) is 0 Å². The lowest BCUT2D eigenvalue weighted by atomic mass is 10.2. The topological polar surface area (TPSA) is 58.0 Å². The lowest BCUT2D eigenvalue weighted by Gasteiger charge is -2.01. The van der Waals surface area contributed by atoms with Gasteiger partial charge < -0.3 is 4.74 Å². The van der Waals surface area contributed by atoms with E-state index in [1.807, 2.05) is 13.8 Å². The van der Waals surface area contributed by atoms with Crippen molar-refractivity contribution in [2.75, 3.05) is 13.3 Å². The van der Waals surface area contributed by atoms with E-state index in [9.17, 15) is 0 Å². The van der Waals surface area contributed by atoms with Gasteiger partial charge in [-0.05, 0) is 11.4 Å². The lowest BCUT2D eigenvalue weighted by Crippen LogP contribution is -2.00. The normalized spacial score (nSPS) is 9.22. The molecule has 0 aromatic carbocycles. The van der Waals surface area contributed by atoms with Crippen LogP contribution >= 0.6 is 0 Å². The molecule has 0 unspecified atom stereocenters. The summed E-state index contributed by atoms with van der Waals surface area (Å²) in [6.45, 7) is 4.87. The van der Waals surface area contributed by atoms with Crippen molar-refractivity contribution in [3.63, 3.8) is 0 Å². The number of nitrogens with zero attached hydrogens (tertiary/aromatic N) is 3. The molecule has 0 rings (SSSR count). The number of hydrogen-bond acceptors (Lipinski definition) is 2. The Labute approximate surface area is 54.4 Å². The summed E-state index contributed by atoms with van der Waals surface area (Å²) in [6.07, 6.45) is 0. The van der Waals surface area contributed by atoms with Crippen molar-refractivity contribution in [2.24, 2.45) is 11.0 Å². The largest absolute Gasteiger partial charge is 0.375 e. The molecule has 4 nitrogen and oxygen atoms in total. The van der Waals surface area contributed by atoms with Crippen molar-refractivity contribution in [3.05, 3.63) is 10.4 Å². The molecule has 9 heavy (non-hydrogen) atoms. The highest BCUT2D eigenvalue weighted by Crippen LogP contribution is 1.91. The van der Waals surface area contributed by atoms with Gasteiger partial charge in [0.2, 0.25) is 0 Å². The quantitative estimate of drug-likeness (QED) is 0.247.